The Kier molecular flexibility index (Phi) is 3.08. The highest BCUT2D eigenvalue weighted by molar-refractivity contribution is 5.60. The molecule has 18 heavy (non-hydrogen) atoms. The third-order valence-electron chi connectivity index (χ3n) is 2.37. The van der Waals surface area contributed by atoms with E-state index in [1.165, 1.54) is 4.57 Å². The van der Waals surface area contributed by atoms with Gasteiger partial charge < -0.3 is 11.1 Å². The Bertz CT molecular complexity index is 640. The van der Waals surface area contributed by atoms with Crippen LogP contribution in [-0.4, -0.2) is 30.2 Å². The van der Waals surface area contributed by atoms with Gasteiger partial charge in [-0.25, -0.2) is 4.79 Å². The fourth-order valence-electron chi connectivity index (χ4n) is 1.50. The third-order valence-corrected chi connectivity index (χ3v) is 2.37. The molecule has 0 bridgehead atoms. The van der Waals surface area contributed by atoms with Crippen molar-refractivity contribution in [1.82, 2.24) is 30.2 Å². The topological polar surface area (TPSA) is 147 Å². The summed E-state index contributed by atoms with van der Waals surface area (Å²) in [7, 11) is 0. The van der Waals surface area contributed by atoms with Crippen molar-refractivity contribution < 1.29 is 0 Å². The predicted molar refractivity (Wildman–Crippen MR) is 62.9 cm³/mol. The number of nitrogens with one attached hydrogen (secondary N) is 3. The van der Waals surface area contributed by atoms with Crippen molar-refractivity contribution in [1.29, 1.82) is 0 Å². The Hall–Kier alpha value is -2.65. The van der Waals surface area contributed by atoms with E-state index in [-0.39, 0.29) is 18.1 Å². The van der Waals surface area contributed by atoms with Crippen molar-refractivity contribution >= 4 is 11.5 Å². The van der Waals surface area contributed by atoms with Crippen molar-refractivity contribution in [3.05, 3.63) is 26.7 Å². The Labute approximate surface area is 100 Å². The number of hydrogen-bond donors (Lipinski definition) is 4. The highest BCUT2D eigenvalue weighted by Gasteiger charge is 2.11. The molecule has 2 rings (SSSR count). The van der Waals surface area contributed by atoms with Crippen molar-refractivity contribution in [2.24, 2.45) is 0 Å². The van der Waals surface area contributed by atoms with E-state index in [0.29, 0.717) is 12.4 Å². The van der Waals surface area contributed by atoms with Crippen molar-refractivity contribution in [3.8, 4) is 0 Å². The summed E-state index contributed by atoms with van der Waals surface area (Å²) in [4.78, 5) is 25.2. The molecule has 0 saturated carbocycles. The predicted octanol–water partition coefficient (Wildman–Crippen LogP) is -1.74. The molecular weight excluding hydrogens is 240 g/mol. The molecule has 2 heterocycles. The molecule has 5 N–H and O–H groups in total. The molecule has 10 nitrogen and oxygen atoms in total. The maximum Gasteiger partial charge on any atom is 0.330 e. The Morgan fingerprint density at radius 3 is 2.83 bits per heavy atom. The van der Waals surface area contributed by atoms with E-state index in [1.807, 2.05) is 0 Å². The van der Waals surface area contributed by atoms with Crippen molar-refractivity contribution in [2.75, 3.05) is 11.1 Å². The molecule has 0 aliphatic rings. The number of nitrogen functional groups attached to an aromatic ring is 1. The van der Waals surface area contributed by atoms with Gasteiger partial charge in [-0.05, 0) is 6.92 Å². The lowest BCUT2D eigenvalue weighted by Crippen LogP contribution is -2.33. The summed E-state index contributed by atoms with van der Waals surface area (Å²) in [5.74, 6) is 0.456. The lowest BCUT2D eigenvalue weighted by atomic mass is 10.4. The summed E-state index contributed by atoms with van der Waals surface area (Å²) in [6.07, 6.45) is 0. The molecule has 0 unspecified atom stereocenters. The van der Waals surface area contributed by atoms with Crippen molar-refractivity contribution in [2.45, 2.75) is 20.0 Å². The normalized spacial score (nSPS) is 10.5. The molecule has 0 fully saturated rings. The summed E-state index contributed by atoms with van der Waals surface area (Å²) < 4.78 is 1.25. The smallest absolute Gasteiger partial charge is 0.330 e. The van der Waals surface area contributed by atoms with Crippen LogP contribution in [0.2, 0.25) is 0 Å². The maximum atomic E-state index is 11.6. The summed E-state index contributed by atoms with van der Waals surface area (Å²) in [5, 5.41) is 15.9. The molecule has 0 aliphatic carbocycles. The van der Waals surface area contributed by atoms with Gasteiger partial charge in [0.2, 0.25) is 0 Å². The van der Waals surface area contributed by atoms with Crippen LogP contribution in [0.25, 0.3) is 0 Å². The van der Waals surface area contributed by atoms with Crippen LogP contribution >= 0.6 is 0 Å². The minimum absolute atomic E-state index is 0.0785. The second kappa shape index (κ2) is 4.69. The first-order chi connectivity index (χ1) is 8.63. The van der Waals surface area contributed by atoms with E-state index < -0.39 is 11.2 Å². The first-order valence-corrected chi connectivity index (χ1v) is 5.22. The average Bonchev–Trinajstić information content (AvgIpc) is 2.81. The van der Waals surface area contributed by atoms with Gasteiger partial charge in [0.1, 0.15) is 11.5 Å². The van der Waals surface area contributed by atoms with Crippen LogP contribution in [0.5, 0.6) is 0 Å². The molecule has 2 aromatic rings. The van der Waals surface area contributed by atoms with Crippen LogP contribution in [0, 0.1) is 0 Å². The molecule has 0 aliphatic heterocycles. The second-order valence-corrected chi connectivity index (χ2v) is 3.45. The van der Waals surface area contributed by atoms with Crippen LogP contribution in [0.4, 0.5) is 11.5 Å². The number of H-pyrrole nitrogens is 2. The fourth-order valence-corrected chi connectivity index (χ4v) is 1.50. The Morgan fingerprint density at radius 1 is 1.44 bits per heavy atom. The van der Waals surface area contributed by atoms with Gasteiger partial charge in [-0.3, -0.25) is 14.3 Å². The van der Waals surface area contributed by atoms with Crippen LogP contribution in [0.1, 0.15) is 12.7 Å². The second-order valence-electron chi connectivity index (χ2n) is 3.45. The molecule has 10 heteroatoms. The Balaban J connectivity index is 2.33. The zero-order chi connectivity index (χ0) is 13.1. The standard InChI is InChI=1S/C8H12N8O2/c1-2-16-6(9)5(7(17)11-8(16)18)10-3-4-12-14-15-13-4/h10H,2-3,9H2,1H3,(H,11,17,18)(H,12,13,14,15). The minimum atomic E-state index is -0.578. The Morgan fingerprint density at radius 2 is 2.22 bits per heavy atom. The van der Waals surface area contributed by atoms with Gasteiger partial charge in [0.05, 0.1) is 6.54 Å². The molecule has 0 saturated heterocycles. The number of nitrogens with two attached hydrogens (primary N) is 1. The van der Waals surface area contributed by atoms with Crippen LogP contribution in [0.3, 0.4) is 0 Å². The van der Waals surface area contributed by atoms with Gasteiger partial charge in [-0.1, -0.05) is 5.21 Å². The number of tetrazole rings is 1. The molecule has 0 atom stereocenters. The number of anilines is 2. The van der Waals surface area contributed by atoms with E-state index in [9.17, 15) is 9.59 Å². The summed E-state index contributed by atoms with van der Waals surface area (Å²) in [5.41, 5.74) is 4.75. The lowest BCUT2D eigenvalue weighted by Gasteiger charge is -2.11. The van der Waals surface area contributed by atoms with E-state index in [2.05, 4.69) is 30.9 Å². The first kappa shape index (κ1) is 11.8. The molecular formula is C8H12N8O2. The fraction of sp³-hybridized carbons (Fsp3) is 0.375. The molecule has 0 amide bonds. The third kappa shape index (κ3) is 2.07. The first-order valence-electron chi connectivity index (χ1n) is 5.22. The lowest BCUT2D eigenvalue weighted by molar-refractivity contribution is 0.705. The number of nitrogens with zero attached hydrogens (tertiary/aromatic N) is 4. The molecule has 2 aromatic heterocycles. The van der Waals surface area contributed by atoms with E-state index in [1.54, 1.807) is 6.92 Å². The maximum absolute atomic E-state index is 11.6. The van der Waals surface area contributed by atoms with Crippen LogP contribution in [-0.2, 0) is 13.1 Å². The van der Waals surface area contributed by atoms with Crippen molar-refractivity contribution in [3.63, 3.8) is 0 Å². The van der Waals surface area contributed by atoms with E-state index >= 15 is 0 Å². The SMILES string of the molecule is CCn1c(N)c(NCc2nn[nH]n2)c(=O)[nH]c1=O. The van der Waals surface area contributed by atoms with Gasteiger partial charge in [0.25, 0.3) is 5.56 Å². The summed E-state index contributed by atoms with van der Waals surface area (Å²) >= 11 is 0. The van der Waals surface area contributed by atoms with Gasteiger partial charge >= 0.3 is 5.69 Å². The largest absolute Gasteiger partial charge is 0.383 e. The number of hydrogen-bond acceptors (Lipinski definition) is 7. The molecule has 96 valence electrons. The zero-order valence-electron chi connectivity index (χ0n) is 9.60. The van der Waals surface area contributed by atoms with Crippen LogP contribution < -0.4 is 22.3 Å². The number of rotatable bonds is 4. The quantitative estimate of drug-likeness (QED) is 0.505. The van der Waals surface area contributed by atoms with E-state index in [0.717, 1.165) is 0 Å². The highest BCUT2D eigenvalue weighted by Crippen LogP contribution is 2.10. The number of aromatic nitrogens is 6. The number of aromatic amines is 2. The van der Waals surface area contributed by atoms with Crippen LogP contribution in [0.15, 0.2) is 9.59 Å². The minimum Gasteiger partial charge on any atom is -0.383 e. The zero-order valence-corrected chi connectivity index (χ0v) is 9.60. The van der Waals surface area contributed by atoms with E-state index in [4.69, 9.17) is 5.73 Å². The van der Waals surface area contributed by atoms with Gasteiger partial charge in [0, 0.05) is 6.54 Å². The average molecular weight is 252 g/mol. The molecule has 0 radical (unpaired) electrons. The highest BCUT2D eigenvalue weighted by atomic mass is 16.2. The summed E-state index contributed by atoms with van der Waals surface area (Å²) in [6, 6.07) is 0. The monoisotopic (exact) mass is 252 g/mol. The van der Waals surface area contributed by atoms with Gasteiger partial charge in [0.15, 0.2) is 5.82 Å². The molecule has 0 aromatic carbocycles. The molecule has 0 spiro atoms. The summed E-state index contributed by atoms with van der Waals surface area (Å²) in [6.45, 7) is 2.28. The van der Waals surface area contributed by atoms with Gasteiger partial charge in [-0.2, -0.15) is 5.21 Å². The van der Waals surface area contributed by atoms with Gasteiger partial charge in [-0.15, -0.1) is 10.2 Å².